The molecule has 3 atom stereocenters. The lowest BCUT2D eigenvalue weighted by molar-refractivity contribution is -0.146. The van der Waals surface area contributed by atoms with Gasteiger partial charge in [-0.15, -0.1) is 11.3 Å². The van der Waals surface area contributed by atoms with Gasteiger partial charge in [-0.1, -0.05) is 81.2 Å². The number of carbonyl (C=O) groups is 7. The number of benzene rings is 4. The average Bonchev–Trinajstić information content (AvgIpc) is 1.72. The van der Waals surface area contributed by atoms with Crippen molar-refractivity contribution in [2.24, 2.45) is 18.2 Å². The van der Waals surface area contributed by atoms with Crippen LogP contribution in [0.3, 0.4) is 0 Å². The second kappa shape index (κ2) is 32.6. The molecule has 3 aromatic heterocycles. The van der Waals surface area contributed by atoms with Gasteiger partial charge in [0.2, 0.25) is 29.6 Å². The summed E-state index contributed by atoms with van der Waals surface area (Å²) >= 11 is 10.9. The highest BCUT2D eigenvalue weighted by Crippen LogP contribution is 2.42. The van der Waals surface area contributed by atoms with Gasteiger partial charge in [0.15, 0.2) is 16.5 Å². The van der Waals surface area contributed by atoms with Crippen LogP contribution in [0.5, 0.6) is 0 Å². The maximum absolute atomic E-state index is 16.5. The van der Waals surface area contributed by atoms with Gasteiger partial charge in [-0.05, 0) is 79.3 Å². The van der Waals surface area contributed by atoms with Crippen LogP contribution in [0.2, 0.25) is 5.02 Å². The molecular formula is C62H70BrClF4N14O11S2. The van der Waals surface area contributed by atoms with Gasteiger partial charge in [0.25, 0.3) is 15.9 Å². The Morgan fingerprint density at radius 2 is 1.51 bits per heavy atom. The molecule has 10 N–H and O–H groups in total. The first-order valence-electron chi connectivity index (χ1n) is 29.5. The first-order valence-corrected chi connectivity index (χ1v) is 32.9. The number of carbonyl (C=O) groups excluding carboxylic acids is 7. The highest BCUT2D eigenvalue weighted by molar-refractivity contribution is 9.10. The monoisotopic (exact) mass is 1440 g/mol. The molecule has 25 nitrogen and oxygen atoms in total. The molecule has 508 valence electrons. The van der Waals surface area contributed by atoms with Crippen molar-refractivity contribution in [1.29, 1.82) is 0 Å². The van der Waals surface area contributed by atoms with Crippen molar-refractivity contribution in [3.05, 3.63) is 123 Å². The lowest BCUT2D eigenvalue weighted by Gasteiger charge is -2.25. The van der Waals surface area contributed by atoms with Crippen LogP contribution in [-0.2, 0) is 60.8 Å². The number of fused-ring (bicyclic) bond motifs is 1. The van der Waals surface area contributed by atoms with E-state index in [-0.39, 0.29) is 109 Å². The van der Waals surface area contributed by atoms with Crippen molar-refractivity contribution in [2.45, 2.75) is 109 Å². The van der Waals surface area contributed by atoms with Crippen molar-refractivity contribution >= 4 is 125 Å². The van der Waals surface area contributed by atoms with E-state index in [2.05, 4.69) is 68.3 Å². The van der Waals surface area contributed by atoms with Crippen LogP contribution >= 0.6 is 38.9 Å². The average molecular weight is 1440 g/mol. The van der Waals surface area contributed by atoms with E-state index in [1.807, 2.05) is 46.3 Å². The maximum atomic E-state index is 16.5. The van der Waals surface area contributed by atoms with Crippen molar-refractivity contribution in [3.63, 3.8) is 0 Å². The number of sulfonamides is 1. The molecule has 0 aliphatic heterocycles. The van der Waals surface area contributed by atoms with Gasteiger partial charge in [-0.3, -0.25) is 38.3 Å². The molecule has 0 spiro atoms. The summed E-state index contributed by atoms with van der Waals surface area (Å²) in [5.41, 5.74) is 6.99. The number of esters is 1. The molecule has 0 bridgehead atoms. The first-order chi connectivity index (χ1) is 44.8. The lowest BCUT2D eigenvalue weighted by atomic mass is 9.96. The Bertz CT molecular complexity index is 4100. The predicted octanol–water partition coefficient (Wildman–Crippen LogP) is 8.40. The molecule has 7 rings (SSSR count). The normalized spacial score (nSPS) is 12.7. The Kier molecular flexibility index (Phi) is 25.3. The van der Waals surface area contributed by atoms with Gasteiger partial charge >= 0.3 is 5.97 Å². The molecule has 0 saturated carbocycles. The number of anilines is 4. The maximum Gasteiger partial charge on any atom is 0.305 e. The molecule has 0 unspecified atom stereocenters. The Hall–Kier alpha value is -8.69. The zero-order valence-electron chi connectivity index (χ0n) is 52.5. The largest absolute Gasteiger partial charge is 0.463 e. The molecule has 95 heavy (non-hydrogen) atoms. The minimum Gasteiger partial charge on any atom is -0.463 e. The Morgan fingerprint density at radius 3 is 2.20 bits per heavy atom. The van der Waals surface area contributed by atoms with Crippen LogP contribution in [-0.4, -0.2) is 126 Å². The highest BCUT2D eigenvalue weighted by Gasteiger charge is 2.32. The summed E-state index contributed by atoms with van der Waals surface area (Å²) in [4.78, 5) is 114. The number of imidazole rings is 1. The van der Waals surface area contributed by atoms with E-state index in [1.165, 1.54) is 52.7 Å². The number of nitrogens with one attached hydrogen (secondary N) is 8. The minimum atomic E-state index is -4.95. The van der Waals surface area contributed by atoms with Crippen molar-refractivity contribution in [1.82, 2.24) is 51.3 Å². The van der Waals surface area contributed by atoms with E-state index < -0.39 is 121 Å². The second-order valence-electron chi connectivity index (χ2n) is 23.7. The molecule has 33 heteroatoms. The van der Waals surface area contributed by atoms with E-state index in [1.54, 1.807) is 25.2 Å². The summed E-state index contributed by atoms with van der Waals surface area (Å²) in [6.45, 7) is 10.6. The number of nitrogens with two attached hydrogens (primary N) is 1. The SMILES string of the molecule is Cn1cnc2c(F)c(Nc3ccc(Br)cc3Cl)c(C(=O)NOCCOC(=O)CC[C@H](NC(=O)[C@H](CCC(=O)NCCNc3nccc(-c4sc(C(C)(C)C)nc4-c4cccc(NS(=O)(=O)c5c(F)cccc5F)c4F)n3)NC(=O)[C@@H](N)CCC=O)C(=O)NCC(C)(C)C)cc21. The summed E-state index contributed by atoms with van der Waals surface area (Å²) in [5.74, 6) is -9.35. The number of aryl methyl sites for hydroxylation is 1. The topological polar surface area (TPSA) is 351 Å². The van der Waals surface area contributed by atoms with E-state index >= 15 is 8.78 Å². The van der Waals surface area contributed by atoms with Gasteiger partial charge in [0.1, 0.15) is 48.7 Å². The number of rotatable bonds is 31. The van der Waals surface area contributed by atoms with Crippen LogP contribution in [0.4, 0.5) is 40.6 Å². The standard InChI is InChI=1S/C62H70BrClF4N14O11S2/c1-61(2,3)31-73-57(88)43(19-21-47(85)92-27-28-93-80-55(86)35-30-45-52(74-32-82(45)7)49(68)50(35)75-40-17-16-33(63)29-36(40)64)77-58(89)44(76-56(87)39(69)14-10-26-83)18-20-46(84)70-24-25-72-60-71-23-22-42(78-60)53-51(79-59(94-53)62(4,5)6)34-11-8-15-41(48(34)67)81-95(90,91)54-37(65)12-9-13-38(54)66/h8-9,11-13,15-17,22-23,26,29-30,32,39,43-44,75,81H,10,14,18-21,24-25,27-28,31,69H2,1-7H3,(H,70,84)(H,73,88)(H,76,87)(H,77,89)(H,80,86)(H,71,72,78)/t39-,43-,44-/m0/s1. The summed E-state index contributed by atoms with van der Waals surface area (Å²) in [6.07, 6.45) is 1.78. The van der Waals surface area contributed by atoms with Crippen LogP contribution in [0.15, 0.2) is 88.6 Å². The third-order valence-electron chi connectivity index (χ3n) is 13.9. The Balaban J connectivity index is 0.959. The number of thiazole rings is 1. The van der Waals surface area contributed by atoms with Gasteiger partial charge in [0, 0.05) is 67.6 Å². The number of hydrogen-bond donors (Lipinski definition) is 9. The van der Waals surface area contributed by atoms with E-state index in [4.69, 9.17) is 31.9 Å². The molecule has 0 aliphatic rings. The summed E-state index contributed by atoms with van der Waals surface area (Å²) in [7, 11) is -3.34. The zero-order valence-corrected chi connectivity index (χ0v) is 56.5. The molecule has 0 radical (unpaired) electrons. The number of aldehydes is 1. The molecule has 0 fully saturated rings. The fraction of sp³-hybridized carbons (Fsp3) is 0.371. The summed E-state index contributed by atoms with van der Waals surface area (Å²) in [6, 6.07) is 9.93. The molecule has 4 aromatic carbocycles. The number of amides is 5. The van der Waals surface area contributed by atoms with Crippen LogP contribution < -0.4 is 47.8 Å². The van der Waals surface area contributed by atoms with E-state index in [0.717, 1.165) is 24.3 Å². The van der Waals surface area contributed by atoms with Crippen molar-refractivity contribution in [2.75, 3.05) is 48.2 Å². The van der Waals surface area contributed by atoms with Gasteiger partial charge in [0.05, 0.1) is 66.8 Å². The zero-order chi connectivity index (χ0) is 69.5. The van der Waals surface area contributed by atoms with Crippen LogP contribution in [0.25, 0.3) is 32.9 Å². The first kappa shape index (κ1) is 73.7. The van der Waals surface area contributed by atoms with Crippen molar-refractivity contribution in [3.8, 4) is 21.8 Å². The number of aromatic nitrogens is 5. The molecule has 0 saturated heterocycles. The number of ether oxygens (including phenoxy) is 1. The molecule has 7 aromatic rings. The predicted molar refractivity (Wildman–Crippen MR) is 351 cm³/mol. The summed E-state index contributed by atoms with van der Waals surface area (Å²) < 4.78 is 97.3. The molecule has 0 aliphatic carbocycles. The number of nitrogens with zero attached hydrogens (tertiary/aromatic N) is 5. The number of hydrogen-bond acceptors (Lipinski definition) is 19. The van der Waals surface area contributed by atoms with Gasteiger partial charge in [-0.2, -0.15) is 0 Å². The second-order valence-corrected chi connectivity index (χ2v) is 27.7. The number of hydroxylamine groups is 1. The van der Waals surface area contributed by atoms with E-state index in [0.29, 0.717) is 26.2 Å². The number of halogens is 6. The fourth-order valence-corrected chi connectivity index (χ4v) is 12.0. The third-order valence-corrected chi connectivity index (χ3v) is 17.6. The Morgan fingerprint density at radius 1 is 0.811 bits per heavy atom. The third kappa shape index (κ3) is 20.2. The Labute approximate surface area is 561 Å². The quantitative estimate of drug-likeness (QED) is 0.00647. The fourth-order valence-electron chi connectivity index (χ4n) is 8.93. The highest BCUT2D eigenvalue weighted by atomic mass is 79.9. The van der Waals surface area contributed by atoms with Gasteiger partial charge in [-0.25, -0.2) is 51.4 Å². The molecular weight excluding hydrogens is 1370 g/mol. The minimum absolute atomic E-state index is 0.0184. The molecule has 3 heterocycles. The molecule has 5 amide bonds. The van der Waals surface area contributed by atoms with Crippen LogP contribution in [0, 0.1) is 28.7 Å². The van der Waals surface area contributed by atoms with Crippen molar-refractivity contribution < 1.29 is 69.1 Å². The van der Waals surface area contributed by atoms with Crippen LogP contribution in [0.1, 0.15) is 95.4 Å². The lowest BCUT2D eigenvalue weighted by Crippen LogP contribution is -2.56. The smallest absolute Gasteiger partial charge is 0.305 e. The summed E-state index contributed by atoms with van der Waals surface area (Å²) in [5, 5.41) is 17.2. The van der Waals surface area contributed by atoms with Gasteiger partial charge < -0.3 is 51.7 Å². The van der Waals surface area contributed by atoms with E-state index in [9.17, 15) is 50.8 Å².